The van der Waals surface area contributed by atoms with Gasteiger partial charge in [0.15, 0.2) is 11.6 Å². The zero-order valence-electron chi connectivity index (χ0n) is 11.6. The minimum atomic E-state index is -0.521. The number of Topliss-reactive ketones (excluding diaryl/α,β-unsaturated/α-hetero) is 2. The average molecular weight is 277 g/mol. The van der Waals surface area contributed by atoms with Crippen molar-refractivity contribution in [2.45, 2.75) is 37.8 Å². The van der Waals surface area contributed by atoms with Gasteiger partial charge in [-0.3, -0.25) is 9.59 Å². The highest BCUT2D eigenvalue weighted by atomic mass is 16.5. The number of carbonyl (C=O) groups is 2. The van der Waals surface area contributed by atoms with Crippen molar-refractivity contribution in [3.05, 3.63) is 22.9 Å². The largest absolute Gasteiger partial charge is 0.382 e. The van der Waals surface area contributed by atoms with Crippen molar-refractivity contribution < 1.29 is 19.1 Å². The zero-order valence-corrected chi connectivity index (χ0v) is 11.6. The van der Waals surface area contributed by atoms with E-state index in [1.54, 1.807) is 7.11 Å². The van der Waals surface area contributed by atoms with Gasteiger partial charge in [-0.2, -0.15) is 0 Å². The van der Waals surface area contributed by atoms with Crippen molar-refractivity contribution >= 4 is 11.6 Å². The topological polar surface area (TPSA) is 64.6 Å². The van der Waals surface area contributed by atoms with E-state index < -0.39 is 6.10 Å². The number of ether oxygens (including phenoxy) is 2. The van der Waals surface area contributed by atoms with Gasteiger partial charge in [0.25, 0.3) is 0 Å². The van der Waals surface area contributed by atoms with Crippen LogP contribution in [-0.4, -0.2) is 44.0 Å². The number of hydrogen-bond acceptors (Lipinski definition) is 5. The summed E-state index contributed by atoms with van der Waals surface area (Å²) >= 11 is 0. The molecule has 0 aromatic heterocycles. The van der Waals surface area contributed by atoms with Crippen LogP contribution in [0.1, 0.15) is 25.7 Å². The fraction of sp³-hybridized carbons (Fsp3) is 0.600. The van der Waals surface area contributed by atoms with Crippen molar-refractivity contribution in [3.8, 4) is 0 Å². The molecule has 5 nitrogen and oxygen atoms in total. The van der Waals surface area contributed by atoms with E-state index in [-0.39, 0.29) is 17.6 Å². The molecular weight excluding hydrogens is 258 g/mol. The normalized spacial score (nSPS) is 28.9. The Morgan fingerprint density at radius 2 is 2.20 bits per heavy atom. The van der Waals surface area contributed by atoms with Crippen LogP contribution in [0.15, 0.2) is 22.9 Å². The first-order valence-corrected chi connectivity index (χ1v) is 7.09. The summed E-state index contributed by atoms with van der Waals surface area (Å²) in [7, 11) is 1.60. The van der Waals surface area contributed by atoms with Crippen LogP contribution >= 0.6 is 0 Å². The number of rotatable bonds is 4. The number of allylic oxidation sites excluding steroid dienone is 1. The van der Waals surface area contributed by atoms with Crippen LogP contribution in [0.3, 0.4) is 0 Å². The van der Waals surface area contributed by atoms with E-state index >= 15 is 0 Å². The molecular formula is C15H19NO4. The van der Waals surface area contributed by atoms with E-state index in [2.05, 4.69) is 5.32 Å². The van der Waals surface area contributed by atoms with E-state index in [1.165, 1.54) is 0 Å². The molecule has 0 bridgehead atoms. The maximum absolute atomic E-state index is 12.1. The Morgan fingerprint density at radius 3 is 3.00 bits per heavy atom. The lowest BCUT2D eigenvalue weighted by Gasteiger charge is -2.20. The Bertz CT molecular complexity index is 506. The third-order valence-corrected chi connectivity index (χ3v) is 4.10. The van der Waals surface area contributed by atoms with Gasteiger partial charge in [-0.1, -0.05) is 0 Å². The first-order valence-electron chi connectivity index (χ1n) is 7.09. The molecule has 0 radical (unpaired) electrons. The molecule has 108 valence electrons. The summed E-state index contributed by atoms with van der Waals surface area (Å²) in [6, 6.07) is 0.100. The number of ketones is 2. The zero-order chi connectivity index (χ0) is 14.1. The summed E-state index contributed by atoms with van der Waals surface area (Å²) in [5.41, 5.74) is 2.66. The van der Waals surface area contributed by atoms with Crippen molar-refractivity contribution in [2.75, 3.05) is 20.3 Å². The van der Waals surface area contributed by atoms with Gasteiger partial charge in [0.1, 0.15) is 6.10 Å². The van der Waals surface area contributed by atoms with Crippen LogP contribution in [0.5, 0.6) is 0 Å². The third-order valence-electron chi connectivity index (χ3n) is 4.10. The van der Waals surface area contributed by atoms with Crippen LogP contribution in [0.25, 0.3) is 0 Å². The summed E-state index contributed by atoms with van der Waals surface area (Å²) in [4.78, 5) is 24.2. The van der Waals surface area contributed by atoms with Gasteiger partial charge in [0, 0.05) is 31.2 Å². The molecule has 0 amide bonds. The van der Waals surface area contributed by atoms with Gasteiger partial charge in [-0.15, -0.1) is 0 Å². The number of methoxy groups -OCH3 is 1. The Hall–Kier alpha value is -1.46. The van der Waals surface area contributed by atoms with Gasteiger partial charge >= 0.3 is 0 Å². The molecule has 5 heteroatoms. The average Bonchev–Trinajstić information content (AvgIpc) is 2.78. The highest BCUT2D eigenvalue weighted by molar-refractivity contribution is 6.02. The lowest BCUT2D eigenvalue weighted by molar-refractivity contribution is -0.128. The van der Waals surface area contributed by atoms with Gasteiger partial charge < -0.3 is 14.8 Å². The van der Waals surface area contributed by atoms with Crippen molar-refractivity contribution in [1.29, 1.82) is 0 Å². The van der Waals surface area contributed by atoms with Crippen molar-refractivity contribution in [3.63, 3.8) is 0 Å². The molecule has 3 rings (SSSR count). The maximum Gasteiger partial charge on any atom is 0.170 e. The molecule has 0 aromatic rings. The Labute approximate surface area is 118 Å². The summed E-state index contributed by atoms with van der Waals surface area (Å²) in [5, 5.41) is 3.37. The molecule has 1 saturated carbocycles. The van der Waals surface area contributed by atoms with Crippen molar-refractivity contribution in [1.82, 2.24) is 5.32 Å². The van der Waals surface area contributed by atoms with Gasteiger partial charge in [-0.05, 0) is 24.5 Å². The lowest BCUT2D eigenvalue weighted by atomic mass is 9.85. The molecule has 2 unspecified atom stereocenters. The minimum Gasteiger partial charge on any atom is -0.382 e. The summed E-state index contributed by atoms with van der Waals surface area (Å²) in [6.07, 6.45) is 4.08. The first-order chi connectivity index (χ1) is 9.70. The van der Waals surface area contributed by atoms with E-state index in [0.29, 0.717) is 26.1 Å². The summed E-state index contributed by atoms with van der Waals surface area (Å²) in [5.74, 6) is 0.215. The Balaban J connectivity index is 1.82. The maximum atomic E-state index is 12.1. The molecule has 1 N–H and O–H groups in total. The molecule has 2 atom stereocenters. The Kier molecular flexibility index (Phi) is 3.72. The molecule has 1 aliphatic heterocycles. The van der Waals surface area contributed by atoms with E-state index in [9.17, 15) is 9.59 Å². The van der Waals surface area contributed by atoms with E-state index in [1.807, 2.05) is 6.08 Å². The molecule has 2 aliphatic carbocycles. The summed E-state index contributed by atoms with van der Waals surface area (Å²) in [6.45, 7) is 0.861. The highest BCUT2D eigenvalue weighted by Gasteiger charge is 2.39. The standard InChI is InChI=1S/C15H19NO4/c1-19-5-6-20-14-8-11-9(7-13(14)18)15-10(16-11)3-2-4-12(15)17/h8,10,14,16H,2-7H2,1H3. The van der Waals surface area contributed by atoms with Crippen LogP contribution in [-0.2, 0) is 19.1 Å². The summed E-state index contributed by atoms with van der Waals surface area (Å²) < 4.78 is 10.4. The SMILES string of the molecule is COCCOC1C=C2NC3CCCC(=O)C3=C2CC1=O. The predicted octanol–water partition coefficient (Wildman–Crippen LogP) is 0.896. The molecule has 1 heterocycles. The second kappa shape index (κ2) is 5.50. The fourth-order valence-electron chi connectivity index (χ4n) is 3.14. The predicted molar refractivity (Wildman–Crippen MR) is 72.1 cm³/mol. The first kappa shape index (κ1) is 13.5. The van der Waals surface area contributed by atoms with Crippen molar-refractivity contribution in [2.24, 2.45) is 0 Å². The number of carbonyl (C=O) groups excluding carboxylic acids is 2. The second-order valence-electron chi connectivity index (χ2n) is 5.41. The van der Waals surface area contributed by atoms with Crippen LogP contribution in [0, 0.1) is 0 Å². The third kappa shape index (κ3) is 2.31. The van der Waals surface area contributed by atoms with Crippen LogP contribution in [0.2, 0.25) is 0 Å². The van der Waals surface area contributed by atoms with Gasteiger partial charge in [0.05, 0.1) is 19.3 Å². The quantitative estimate of drug-likeness (QED) is 0.773. The molecule has 3 aliphatic rings. The molecule has 20 heavy (non-hydrogen) atoms. The van der Waals surface area contributed by atoms with E-state index in [0.717, 1.165) is 29.7 Å². The molecule has 0 spiro atoms. The van der Waals surface area contributed by atoms with Crippen LogP contribution < -0.4 is 5.32 Å². The molecule has 0 saturated heterocycles. The van der Waals surface area contributed by atoms with Gasteiger partial charge in [0.2, 0.25) is 0 Å². The van der Waals surface area contributed by atoms with Crippen LogP contribution in [0.4, 0.5) is 0 Å². The highest BCUT2D eigenvalue weighted by Crippen LogP contribution is 2.37. The van der Waals surface area contributed by atoms with Gasteiger partial charge in [-0.25, -0.2) is 0 Å². The lowest BCUT2D eigenvalue weighted by Crippen LogP contribution is -2.32. The number of hydrogen-bond donors (Lipinski definition) is 1. The van der Waals surface area contributed by atoms with E-state index in [4.69, 9.17) is 9.47 Å². The Morgan fingerprint density at radius 1 is 1.35 bits per heavy atom. The smallest absolute Gasteiger partial charge is 0.170 e. The molecule has 1 fully saturated rings. The second-order valence-corrected chi connectivity index (χ2v) is 5.41. The number of nitrogens with one attached hydrogen (secondary N) is 1. The monoisotopic (exact) mass is 277 g/mol. The fourth-order valence-corrected chi connectivity index (χ4v) is 3.14. The minimum absolute atomic E-state index is 0.0215. The number of fused-ring (bicyclic) bond motifs is 2. The molecule has 0 aromatic carbocycles.